The van der Waals surface area contributed by atoms with Gasteiger partial charge in [0.05, 0.1) is 5.04 Å². The third kappa shape index (κ3) is 1.51. The van der Waals surface area contributed by atoms with E-state index in [0.717, 1.165) is 19.4 Å². The Labute approximate surface area is 54.6 Å². The summed E-state index contributed by atoms with van der Waals surface area (Å²) in [6, 6.07) is 0. The number of aliphatic imine (C=N–C) groups is 1. The van der Waals surface area contributed by atoms with Gasteiger partial charge < -0.3 is 0 Å². The lowest BCUT2D eigenvalue weighted by molar-refractivity contribution is 1.09. The van der Waals surface area contributed by atoms with Crippen molar-refractivity contribution in [3.8, 4) is 0 Å². The molecule has 0 aromatic heterocycles. The van der Waals surface area contributed by atoms with Crippen molar-refractivity contribution >= 4 is 16.8 Å². The van der Waals surface area contributed by atoms with Crippen molar-refractivity contribution in [3.05, 3.63) is 6.92 Å². The van der Waals surface area contributed by atoms with Crippen LogP contribution in [0.4, 0.5) is 0 Å². The van der Waals surface area contributed by atoms with Gasteiger partial charge in [0.2, 0.25) is 0 Å². The molecular weight excluding hydrogens is 118 g/mol. The minimum absolute atomic E-state index is 0.992. The first-order valence-corrected chi connectivity index (χ1v) is 3.87. The second-order valence-electron chi connectivity index (χ2n) is 1.73. The molecular formula is C6H10NS. The van der Waals surface area contributed by atoms with E-state index >= 15 is 0 Å². The van der Waals surface area contributed by atoms with E-state index < -0.39 is 0 Å². The van der Waals surface area contributed by atoms with Crippen molar-refractivity contribution in [2.45, 2.75) is 12.8 Å². The Balaban J connectivity index is 2.23. The van der Waals surface area contributed by atoms with E-state index in [9.17, 15) is 0 Å². The predicted molar refractivity (Wildman–Crippen MR) is 39.4 cm³/mol. The molecule has 1 aliphatic rings. The Morgan fingerprint density at radius 1 is 1.75 bits per heavy atom. The predicted octanol–water partition coefficient (Wildman–Crippen LogP) is 1.75. The van der Waals surface area contributed by atoms with Crippen LogP contribution >= 0.6 is 11.8 Å². The molecule has 1 nitrogen and oxygen atoms in total. The molecule has 1 heterocycles. The van der Waals surface area contributed by atoms with Crippen molar-refractivity contribution < 1.29 is 0 Å². The first-order valence-electron chi connectivity index (χ1n) is 2.89. The topological polar surface area (TPSA) is 12.4 Å². The van der Waals surface area contributed by atoms with E-state index in [1.807, 2.05) is 11.8 Å². The lowest BCUT2D eigenvalue weighted by Gasteiger charge is -1.90. The summed E-state index contributed by atoms with van der Waals surface area (Å²) in [6.07, 6.45) is 2.08. The highest BCUT2D eigenvalue weighted by Crippen LogP contribution is 2.14. The van der Waals surface area contributed by atoms with Gasteiger partial charge in [0.15, 0.2) is 0 Å². The zero-order valence-electron chi connectivity index (χ0n) is 4.89. The van der Waals surface area contributed by atoms with Gasteiger partial charge in [0.25, 0.3) is 0 Å². The minimum atomic E-state index is 0.992. The van der Waals surface area contributed by atoms with Gasteiger partial charge in [-0.25, -0.2) is 0 Å². The van der Waals surface area contributed by atoms with Crippen LogP contribution in [0.2, 0.25) is 0 Å². The van der Waals surface area contributed by atoms with Gasteiger partial charge in [-0.05, 0) is 12.8 Å². The quantitative estimate of drug-likeness (QED) is 0.552. The Morgan fingerprint density at radius 3 is 3.12 bits per heavy atom. The molecule has 0 fully saturated rings. The van der Waals surface area contributed by atoms with Crippen LogP contribution in [-0.4, -0.2) is 17.3 Å². The molecule has 1 rings (SSSR count). The molecule has 1 aliphatic heterocycles. The summed E-state index contributed by atoms with van der Waals surface area (Å²) in [5, 5.41) is 1.31. The fourth-order valence-electron chi connectivity index (χ4n) is 0.682. The molecule has 0 saturated heterocycles. The van der Waals surface area contributed by atoms with Crippen LogP contribution in [0.15, 0.2) is 4.99 Å². The SMILES string of the molecule is [CH2]CCC1=NCCS1. The van der Waals surface area contributed by atoms with Gasteiger partial charge in [-0.3, -0.25) is 4.99 Å². The molecule has 0 atom stereocenters. The summed E-state index contributed by atoms with van der Waals surface area (Å²) in [4.78, 5) is 4.27. The molecule has 0 saturated carbocycles. The van der Waals surface area contributed by atoms with Crippen LogP contribution < -0.4 is 0 Å². The van der Waals surface area contributed by atoms with Gasteiger partial charge in [-0.2, -0.15) is 0 Å². The lowest BCUT2D eigenvalue weighted by Crippen LogP contribution is -1.83. The van der Waals surface area contributed by atoms with Crippen LogP contribution in [0, 0.1) is 6.92 Å². The van der Waals surface area contributed by atoms with E-state index in [2.05, 4.69) is 11.9 Å². The first kappa shape index (κ1) is 6.14. The van der Waals surface area contributed by atoms with E-state index in [4.69, 9.17) is 0 Å². The molecule has 8 heavy (non-hydrogen) atoms. The van der Waals surface area contributed by atoms with Crippen LogP contribution in [0.25, 0.3) is 0 Å². The van der Waals surface area contributed by atoms with E-state index in [-0.39, 0.29) is 0 Å². The molecule has 2 heteroatoms. The molecule has 0 N–H and O–H groups in total. The van der Waals surface area contributed by atoms with Gasteiger partial charge in [-0.15, -0.1) is 11.8 Å². The van der Waals surface area contributed by atoms with Crippen LogP contribution in [0.5, 0.6) is 0 Å². The minimum Gasteiger partial charge on any atom is -0.282 e. The third-order valence-corrected chi connectivity index (χ3v) is 2.09. The summed E-state index contributed by atoms with van der Waals surface area (Å²) in [5.41, 5.74) is 0. The number of hydrogen-bond acceptors (Lipinski definition) is 2. The van der Waals surface area contributed by atoms with Gasteiger partial charge in [0, 0.05) is 12.3 Å². The van der Waals surface area contributed by atoms with E-state index in [0.29, 0.717) is 0 Å². The highest BCUT2D eigenvalue weighted by molar-refractivity contribution is 8.14. The Hall–Kier alpha value is 0.0200. The molecule has 0 amide bonds. The standard InChI is InChI=1S/C6H10NS/c1-2-3-6-7-4-5-8-6/h1-5H2. The second-order valence-corrected chi connectivity index (χ2v) is 2.90. The van der Waals surface area contributed by atoms with Crippen LogP contribution in [0.3, 0.4) is 0 Å². The van der Waals surface area contributed by atoms with Crippen molar-refractivity contribution in [1.29, 1.82) is 0 Å². The lowest BCUT2D eigenvalue weighted by atomic mass is 10.4. The highest BCUT2D eigenvalue weighted by atomic mass is 32.2. The number of rotatable bonds is 2. The maximum Gasteiger partial charge on any atom is 0.0676 e. The first-order chi connectivity index (χ1) is 3.93. The Kier molecular flexibility index (Phi) is 2.40. The summed E-state index contributed by atoms with van der Waals surface area (Å²) < 4.78 is 0. The number of hydrogen-bond donors (Lipinski definition) is 0. The van der Waals surface area contributed by atoms with Crippen molar-refractivity contribution in [3.63, 3.8) is 0 Å². The molecule has 0 unspecified atom stereocenters. The average molecular weight is 128 g/mol. The molecule has 0 bridgehead atoms. The molecule has 0 aromatic carbocycles. The largest absolute Gasteiger partial charge is 0.282 e. The fraction of sp³-hybridized carbons (Fsp3) is 0.667. The smallest absolute Gasteiger partial charge is 0.0676 e. The molecule has 1 radical (unpaired) electrons. The summed E-state index contributed by atoms with van der Waals surface area (Å²) in [7, 11) is 0. The molecule has 45 valence electrons. The maximum atomic E-state index is 4.27. The molecule has 0 aliphatic carbocycles. The normalized spacial score (nSPS) is 18.9. The monoisotopic (exact) mass is 128 g/mol. The van der Waals surface area contributed by atoms with Crippen LogP contribution in [-0.2, 0) is 0 Å². The zero-order valence-corrected chi connectivity index (χ0v) is 5.71. The van der Waals surface area contributed by atoms with E-state index in [1.165, 1.54) is 10.8 Å². The van der Waals surface area contributed by atoms with Gasteiger partial charge in [-0.1, -0.05) is 6.92 Å². The van der Waals surface area contributed by atoms with Crippen molar-refractivity contribution in [2.24, 2.45) is 4.99 Å². The third-order valence-electron chi connectivity index (χ3n) is 1.04. The number of thioether (sulfide) groups is 1. The Bertz CT molecular complexity index is 98.7. The van der Waals surface area contributed by atoms with Crippen LogP contribution in [0.1, 0.15) is 12.8 Å². The summed E-state index contributed by atoms with van der Waals surface area (Å²) in [6.45, 7) is 4.78. The van der Waals surface area contributed by atoms with Gasteiger partial charge in [0.1, 0.15) is 0 Å². The summed E-state index contributed by atoms with van der Waals surface area (Å²) in [5.74, 6) is 1.19. The fourth-order valence-corrected chi connectivity index (χ4v) is 1.57. The number of nitrogens with zero attached hydrogens (tertiary/aromatic N) is 1. The van der Waals surface area contributed by atoms with Gasteiger partial charge >= 0.3 is 0 Å². The average Bonchev–Trinajstić information content (AvgIpc) is 2.19. The molecule has 0 aromatic rings. The molecule has 0 spiro atoms. The van der Waals surface area contributed by atoms with E-state index in [1.54, 1.807) is 0 Å². The maximum absolute atomic E-state index is 4.27. The van der Waals surface area contributed by atoms with Crippen molar-refractivity contribution in [2.75, 3.05) is 12.3 Å². The van der Waals surface area contributed by atoms with Crippen molar-refractivity contribution in [1.82, 2.24) is 0 Å². The highest BCUT2D eigenvalue weighted by Gasteiger charge is 2.03. The second kappa shape index (κ2) is 3.13. The Morgan fingerprint density at radius 2 is 2.62 bits per heavy atom. The zero-order chi connectivity index (χ0) is 5.82. The summed E-state index contributed by atoms with van der Waals surface area (Å²) >= 11 is 1.88.